The van der Waals surface area contributed by atoms with Crippen molar-refractivity contribution in [2.24, 2.45) is 11.1 Å². The summed E-state index contributed by atoms with van der Waals surface area (Å²) in [6, 6.07) is 0. The van der Waals surface area contributed by atoms with Crippen molar-refractivity contribution in [2.75, 3.05) is 26.2 Å². The third-order valence-electron chi connectivity index (χ3n) is 3.76. The van der Waals surface area contributed by atoms with Crippen LogP contribution in [-0.4, -0.2) is 43.3 Å². The lowest BCUT2D eigenvalue weighted by atomic mass is 9.84. The van der Waals surface area contributed by atoms with E-state index in [1.165, 1.54) is 12.8 Å². The molecule has 0 radical (unpaired) electrons. The van der Waals surface area contributed by atoms with Crippen LogP contribution in [0.2, 0.25) is 0 Å². The topological polar surface area (TPSA) is 41.9 Å². The Balaban J connectivity index is 1.59. The van der Waals surface area contributed by atoms with E-state index < -0.39 is 0 Å². The molecule has 0 aromatic heterocycles. The van der Waals surface area contributed by atoms with E-state index in [2.05, 4.69) is 17.0 Å². The summed E-state index contributed by atoms with van der Waals surface area (Å²) in [7, 11) is 0. The molecule has 2 rings (SSSR count). The molecule has 0 N–H and O–H groups in total. The Bertz CT molecular complexity index is 221. The predicted molar refractivity (Wildman–Crippen MR) is 63.4 cm³/mol. The smallest absolute Gasteiger partial charge is 0.0938 e. The second kappa shape index (κ2) is 5.73. The van der Waals surface area contributed by atoms with Gasteiger partial charge in [-0.05, 0) is 31.6 Å². The summed E-state index contributed by atoms with van der Waals surface area (Å²) in [5.41, 5.74) is 0. The minimum atomic E-state index is 0.422. The number of nitrogens with zero attached hydrogens (tertiary/aromatic N) is 2. The van der Waals surface area contributed by atoms with E-state index in [0.717, 1.165) is 38.4 Å². The third-order valence-corrected chi connectivity index (χ3v) is 3.76. The van der Waals surface area contributed by atoms with Gasteiger partial charge in [0.2, 0.25) is 0 Å². The average molecular weight is 226 g/mol. The van der Waals surface area contributed by atoms with Gasteiger partial charge >= 0.3 is 0 Å². The lowest BCUT2D eigenvalue weighted by molar-refractivity contribution is -0.0902. The highest BCUT2D eigenvalue weighted by Crippen LogP contribution is 2.31. The number of piperidine rings is 1. The summed E-state index contributed by atoms with van der Waals surface area (Å²) < 4.78 is 6.04. The summed E-state index contributed by atoms with van der Waals surface area (Å²) in [6.45, 7) is 5.64. The van der Waals surface area contributed by atoms with E-state index in [-0.39, 0.29) is 0 Å². The highest BCUT2D eigenvalue weighted by molar-refractivity contribution is 4.80. The molecule has 4 nitrogen and oxygen atoms in total. The number of hydrogen-bond acceptors (Lipinski definition) is 4. The van der Waals surface area contributed by atoms with Gasteiger partial charge in [-0.2, -0.15) is 4.91 Å². The van der Waals surface area contributed by atoms with Gasteiger partial charge < -0.3 is 9.64 Å². The van der Waals surface area contributed by atoms with Crippen molar-refractivity contribution in [1.29, 1.82) is 0 Å². The molecule has 1 saturated carbocycles. The van der Waals surface area contributed by atoms with Gasteiger partial charge in [0.15, 0.2) is 0 Å². The van der Waals surface area contributed by atoms with Crippen LogP contribution >= 0.6 is 0 Å². The maximum Gasteiger partial charge on any atom is 0.0938 e. The Kier molecular flexibility index (Phi) is 4.29. The fourth-order valence-corrected chi connectivity index (χ4v) is 2.66. The minimum absolute atomic E-state index is 0.422. The van der Waals surface area contributed by atoms with E-state index in [1.54, 1.807) is 0 Å². The largest absolute Gasteiger partial charge is 0.375 e. The van der Waals surface area contributed by atoms with Crippen LogP contribution in [-0.2, 0) is 4.74 Å². The predicted octanol–water partition coefficient (Wildman–Crippen LogP) is 2.03. The molecule has 0 bridgehead atoms. The van der Waals surface area contributed by atoms with Crippen molar-refractivity contribution < 1.29 is 4.74 Å². The zero-order valence-corrected chi connectivity index (χ0v) is 10.1. The standard InChI is InChI=1S/C12H22N2O2/c1-10-8-12(9-10)16-11-2-5-14(6-3-11)7-4-13-15/h10-12H,2-9H2,1H3. The maximum absolute atomic E-state index is 10.0. The molecule has 1 heterocycles. The first-order valence-electron chi connectivity index (χ1n) is 6.45. The maximum atomic E-state index is 10.0. The summed E-state index contributed by atoms with van der Waals surface area (Å²) in [5.74, 6) is 0.865. The first-order chi connectivity index (χ1) is 7.78. The number of rotatable bonds is 5. The minimum Gasteiger partial charge on any atom is -0.375 e. The monoisotopic (exact) mass is 226 g/mol. The van der Waals surface area contributed by atoms with Crippen molar-refractivity contribution >= 4 is 0 Å². The van der Waals surface area contributed by atoms with Crippen LogP contribution in [0.1, 0.15) is 32.6 Å². The van der Waals surface area contributed by atoms with Gasteiger partial charge in [0.25, 0.3) is 0 Å². The van der Waals surface area contributed by atoms with E-state index >= 15 is 0 Å². The fraction of sp³-hybridized carbons (Fsp3) is 1.00. The van der Waals surface area contributed by atoms with Crippen LogP contribution in [0.5, 0.6) is 0 Å². The molecular weight excluding hydrogens is 204 g/mol. The normalized spacial score (nSPS) is 32.3. The van der Waals surface area contributed by atoms with Crippen molar-refractivity contribution in [3.8, 4) is 0 Å². The molecule has 92 valence electrons. The molecule has 2 fully saturated rings. The Hall–Kier alpha value is -0.480. The molecule has 0 spiro atoms. The molecule has 16 heavy (non-hydrogen) atoms. The van der Waals surface area contributed by atoms with Crippen LogP contribution in [0.3, 0.4) is 0 Å². The molecule has 0 atom stereocenters. The van der Waals surface area contributed by atoms with Crippen LogP contribution in [0.25, 0.3) is 0 Å². The van der Waals surface area contributed by atoms with E-state index in [9.17, 15) is 4.91 Å². The quantitative estimate of drug-likeness (QED) is 0.674. The highest BCUT2D eigenvalue weighted by Gasteiger charge is 2.30. The zero-order valence-electron chi connectivity index (χ0n) is 10.1. The molecule has 1 aliphatic carbocycles. The summed E-state index contributed by atoms with van der Waals surface area (Å²) in [6.07, 6.45) is 5.71. The van der Waals surface area contributed by atoms with Gasteiger partial charge in [-0.1, -0.05) is 12.1 Å². The van der Waals surface area contributed by atoms with Crippen LogP contribution in [0.4, 0.5) is 0 Å². The molecule has 0 aromatic rings. The molecule has 1 aliphatic heterocycles. The molecule has 1 saturated heterocycles. The summed E-state index contributed by atoms with van der Waals surface area (Å²) in [4.78, 5) is 12.3. The molecule has 0 amide bonds. The number of likely N-dealkylation sites (tertiary alicyclic amines) is 1. The first kappa shape index (κ1) is 12.0. The lowest BCUT2D eigenvalue weighted by Crippen LogP contribution is -2.41. The van der Waals surface area contributed by atoms with Crippen molar-refractivity contribution in [1.82, 2.24) is 4.90 Å². The summed E-state index contributed by atoms with van der Waals surface area (Å²) >= 11 is 0. The van der Waals surface area contributed by atoms with Crippen molar-refractivity contribution in [3.05, 3.63) is 4.91 Å². The first-order valence-corrected chi connectivity index (χ1v) is 6.45. The van der Waals surface area contributed by atoms with Gasteiger partial charge in [-0.15, -0.1) is 0 Å². The van der Waals surface area contributed by atoms with E-state index in [4.69, 9.17) is 4.74 Å². The molecule has 2 aliphatic rings. The van der Waals surface area contributed by atoms with Crippen LogP contribution in [0.15, 0.2) is 5.18 Å². The second-order valence-electron chi connectivity index (χ2n) is 5.23. The van der Waals surface area contributed by atoms with Gasteiger partial charge in [-0.25, -0.2) is 0 Å². The van der Waals surface area contributed by atoms with Crippen LogP contribution < -0.4 is 0 Å². The molecule has 0 aromatic carbocycles. The number of nitroso groups, excluding NO2 is 1. The SMILES string of the molecule is CC1CC(OC2CCN(CCN=O)CC2)C1. The van der Waals surface area contributed by atoms with Gasteiger partial charge in [0.05, 0.1) is 18.8 Å². The van der Waals surface area contributed by atoms with Crippen molar-refractivity contribution in [2.45, 2.75) is 44.8 Å². The number of ether oxygens (including phenoxy) is 1. The van der Waals surface area contributed by atoms with E-state index in [0.29, 0.717) is 18.8 Å². The Labute approximate surface area is 97.3 Å². The highest BCUT2D eigenvalue weighted by atomic mass is 16.5. The van der Waals surface area contributed by atoms with Gasteiger partial charge in [-0.3, -0.25) is 0 Å². The van der Waals surface area contributed by atoms with Gasteiger partial charge in [0, 0.05) is 19.6 Å². The second-order valence-corrected chi connectivity index (χ2v) is 5.23. The van der Waals surface area contributed by atoms with Crippen LogP contribution in [0, 0.1) is 10.8 Å². The zero-order chi connectivity index (χ0) is 11.4. The Morgan fingerprint density at radius 1 is 1.25 bits per heavy atom. The molecular formula is C12H22N2O2. The van der Waals surface area contributed by atoms with Gasteiger partial charge in [0.1, 0.15) is 0 Å². The Morgan fingerprint density at radius 3 is 2.50 bits per heavy atom. The average Bonchev–Trinajstić information content (AvgIpc) is 2.26. The Morgan fingerprint density at radius 2 is 1.94 bits per heavy atom. The number of hydrogen-bond donors (Lipinski definition) is 0. The third kappa shape index (κ3) is 3.25. The van der Waals surface area contributed by atoms with E-state index in [1.807, 2.05) is 0 Å². The molecule has 4 heteroatoms. The fourth-order valence-electron chi connectivity index (χ4n) is 2.66. The lowest BCUT2D eigenvalue weighted by Gasteiger charge is -2.38. The summed E-state index contributed by atoms with van der Waals surface area (Å²) in [5, 5.41) is 2.90. The molecule has 0 unspecified atom stereocenters. The van der Waals surface area contributed by atoms with Crippen molar-refractivity contribution in [3.63, 3.8) is 0 Å².